The van der Waals surface area contributed by atoms with E-state index in [0.717, 1.165) is 17.7 Å². The highest BCUT2D eigenvalue weighted by Gasteiger charge is 2.43. The topological polar surface area (TPSA) is 228 Å². The third-order valence-corrected chi connectivity index (χ3v) is 9.80. The maximum atomic E-state index is 13.7. The standard InChI is InChI=1S/C34H41ClN6O5.C4H4O4/c1-45-29-10-9-21(18-30(29)46-2)33-25-6-3-4-7-26(25)34(44)41(39-33)24-11-14-40(15-12-24)31(43)8-5-13-38-20-28(42)22-16-23(19-36)32(37)27(35)17-22;5-3(6)1-2-4(7)8/h3-4,9-10,16-18,24-26,28,38,42H,5-8,11-15,20,37H2,1-2H3;1-2H,(H,5,6)(H,7,8)/b;2-1+/t25-,26+,28?;/m0./s1. The molecule has 0 saturated carbocycles. The number of nitrogens with one attached hydrogen (secondary N) is 1. The van der Waals surface area contributed by atoms with Gasteiger partial charge in [-0.15, -0.1) is 0 Å². The number of nitriles is 1. The number of nitrogens with two attached hydrogens (primary N) is 1. The minimum atomic E-state index is -1.26. The number of nitrogens with zero attached hydrogens (tertiary/aromatic N) is 4. The zero-order chi connectivity index (χ0) is 39.4. The molecule has 1 unspecified atom stereocenters. The lowest BCUT2D eigenvalue weighted by Gasteiger charge is -2.42. The number of carbonyl (C=O) groups is 4. The van der Waals surface area contributed by atoms with E-state index in [0.29, 0.717) is 81.0 Å². The van der Waals surface area contributed by atoms with Crippen molar-refractivity contribution in [2.24, 2.45) is 16.9 Å². The van der Waals surface area contributed by atoms with Gasteiger partial charge in [-0.1, -0.05) is 23.8 Å². The van der Waals surface area contributed by atoms with Crippen molar-refractivity contribution in [2.45, 2.75) is 50.7 Å². The van der Waals surface area contributed by atoms with E-state index in [2.05, 4.69) is 17.5 Å². The molecule has 3 atom stereocenters. The monoisotopic (exact) mass is 764 g/mol. The van der Waals surface area contributed by atoms with Crippen LogP contribution >= 0.6 is 11.6 Å². The molecule has 16 heteroatoms. The number of ether oxygens (including phenoxy) is 2. The van der Waals surface area contributed by atoms with Crippen LogP contribution in [-0.4, -0.2) is 101 Å². The average molecular weight is 765 g/mol. The molecule has 0 radical (unpaired) electrons. The van der Waals surface area contributed by atoms with Crippen molar-refractivity contribution in [3.05, 3.63) is 76.3 Å². The van der Waals surface area contributed by atoms with Gasteiger partial charge in [0.2, 0.25) is 11.8 Å². The van der Waals surface area contributed by atoms with E-state index in [4.69, 9.17) is 42.1 Å². The highest BCUT2D eigenvalue weighted by atomic mass is 35.5. The summed E-state index contributed by atoms with van der Waals surface area (Å²) < 4.78 is 11.0. The van der Waals surface area contributed by atoms with Gasteiger partial charge in [-0.05, 0) is 74.5 Å². The molecule has 15 nitrogen and oxygen atoms in total. The normalized spacial score (nSPS) is 18.9. The molecule has 2 aliphatic heterocycles. The van der Waals surface area contributed by atoms with Crippen LogP contribution in [0.5, 0.6) is 11.5 Å². The Morgan fingerprint density at radius 1 is 1.06 bits per heavy atom. The third-order valence-electron chi connectivity index (χ3n) is 9.49. The Balaban J connectivity index is 0.000000730. The smallest absolute Gasteiger partial charge is 0.328 e. The summed E-state index contributed by atoms with van der Waals surface area (Å²) in [7, 11) is 3.21. The van der Waals surface area contributed by atoms with Crippen molar-refractivity contribution < 1.29 is 44.0 Å². The first-order valence-electron chi connectivity index (χ1n) is 17.5. The van der Waals surface area contributed by atoms with Crippen LogP contribution < -0.4 is 20.5 Å². The van der Waals surface area contributed by atoms with Gasteiger partial charge < -0.3 is 40.7 Å². The van der Waals surface area contributed by atoms with Crippen LogP contribution in [0.4, 0.5) is 5.69 Å². The Labute approximate surface area is 318 Å². The first-order chi connectivity index (χ1) is 25.9. The fourth-order valence-electron chi connectivity index (χ4n) is 6.63. The number of benzene rings is 2. The molecule has 1 saturated heterocycles. The predicted octanol–water partition coefficient (Wildman–Crippen LogP) is 3.75. The number of piperidine rings is 1. The molecule has 1 fully saturated rings. The molecule has 6 N–H and O–H groups in total. The fourth-order valence-corrected chi connectivity index (χ4v) is 6.86. The summed E-state index contributed by atoms with van der Waals surface area (Å²) in [6.45, 7) is 1.92. The number of carbonyl (C=O) groups excluding carboxylic acids is 2. The number of hydrogen-bond donors (Lipinski definition) is 5. The quantitative estimate of drug-likeness (QED) is 0.0851. The number of aliphatic hydroxyl groups is 1. The number of hydrogen-bond acceptors (Lipinski definition) is 11. The second-order valence-electron chi connectivity index (χ2n) is 12.9. The Morgan fingerprint density at radius 2 is 1.70 bits per heavy atom. The number of aliphatic hydroxyl groups excluding tert-OH is 1. The summed E-state index contributed by atoms with van der Waals surface area (Å²) in [5.74, 6) is -1.29. The number of aliphatic carboxylic acids is 2. The maximum Gasteiger partial charge on any atom is 0.328 e. The van der Waals surface area contributed by atoms with Gasteiger partial charge in [0, 0.05) is 49.7 Å². The maximum absolute atomic E-state index is 13.7. The lowest BCUT2D eigenvalue weighted by molar-refractivity contribution is -0.142. The summed E-state index contributed by atoms with van der Waals surface area (Å²) in [5.41, 5.74) is 8.51. The van der Waals surface area contributed by atoms with Crippen LogP contribution in [-0.2, 0) is 19.2 Å². The van der Waals surface area contributed by atoms with Crippen LogP contribution in [0.1, 0.15) is 61.3 Å². The number of hydrazone groups is 1. The zero-order valence-electron chi connectivity index (χ0n) is 30.1. The van der Waals surface area contributed by atoms with Crippen molar-refractivity contribution in [1.29, 1.82) is 5.26 Å². The van der Waals surface area contributed by atoms with Crippen molar-refractivity contribution in [2.75, 3.05) is 46.1 Å². The molecule has 2 heterocycles. The summed E-state index contributed by atoms with van der Waals surface area (Å²) in [6.07, 6.45) is 8.21. The lowest BCUT2D eigenvalue weighted by atomic mass is 9.76. The number of allylic oxidation sites excluding steroid dienone is 2. The molecular weight excluding hydrogens is 720 g/mol. The molecule has 0 aromatic heterocycles. The van der Waals surface area contributed by atoms with E-state index in [9.17, 15) is 29.5 Å². The van der Waals surface area contributed by atoms with E-state index in [1.807, 2.05) is 29.2 Å². The molecule has 54 heavy (non-hydrogen) atoms. The predicted molar refractivity (Wildman–Crippen MR) is 200 cm³/mol. The number of nitrogen functional groups attached to an aromatic ring is 1. The fraction of sp³-hybridized carbons (Fsp3) is 0.421. The van der Waals surface area contributed by atoms with Crippen LogP contribution in [0.3, 0.4) is 0 Å². The summed E-state index contributed by atoms with van der Waals surface area (Å²) in [4.78, 5) is 47.7. The molecule has 2 aromatic carbocycles. The Bertz CT molecular complexity index is 1820. The Kier molecular flexibility index (Phi) is 15.0. The molecule has 2 amide bonds. The first kappa shape index (κ1) is 41.3. The second kappa shape index (κ2) is 19.6. The van der Waals surface area contributed by atoms with Gasteiger partial charge in [0.05, 0.1) is 54.3 Å². The van der Waals surface area contributed by atoms with Gasteiger partial charge in [0.25, 0.3) is 0 Å². The van der Waals surface area contributed by atoms with Gasteiger partial charge in [-0.2, -0.15) is 10.4 Å². The van der Waals surface area contributed by atoms with E-state index >= 15 is 0 Å². The van der Waals surface area contributed by atoms with Gasteiger partial charge in [-0.25, -0.2) is 14.6 Å². The largest absolute Gasteiger partial charge is 0.493 e. The van der Waals surface area contributed by atoms with E-state index in [1.165, 1.54) is 6.07 Å². The summed E-state index contributed by atoms with van der Waals surface area (Å²) >= 11 is 6.09. The third kappa shape index (κ3) is 10.6. The van der Waals surface area contributed by atoms with Crippen LogP contribution in [0.25, 0.3) is 0 Å². The molecule has 0 bridgehead atoms. The Hall–Kier alpha value is -5.43. The van der Waals surface area contributed by atoms with Crippen LogP contribution in [0, 0.1) is 23.2 Å². The molecule has 2 aromatic rings. The van der Waals surface area contributed by atoms with Crippen LogP contribution in [0.2, 0.25) is 5.02 Å². The number of halogens is 1. The molecule has 0 spiro atoms. The molecule has 1 aliphatic carbocycles. The average Bonchev–Trinajstić information content (AvgIpc) is 3.18. The SMILES string of the molecule is COc1ccc(C2=NN(C3CCN(C(=O)CCCNCC(O)c4cc(Cl)c(N)c(C#N)c4)CC3)C(=O)[C@@H]3CC=CC[C@H]23)cc1OC.O=C(O)/C=C/C(=O)O. The first-order valence-corrected chi connectivity index (χ1v) is 17.8. The molecule has 288 valence electrons. The van der Waals surface area contributed by atoms with Gasteiger partial charge in [0.1, 0.15) is 6.07 Å². The number of methoxy groups -OCH3 is 2. The highest BCUT2D eigenvalue weighted by Crippen LogP contribution is 2.38. The number of carboxylic acids is 2. The van der Waals surface area contributed by atoms with Crippen molar-refractivity contribution in [3.63, 3.8) is 0 Å². The van der Waals surface area contributed by atoms with Gasteiger partial charge >= 0.3 is 11.9 Å². The Morgan fingerprint density at radius 3 is 2.31 bits per heavy atom. The van der Waals surface area contributed by atoms with Crippen molar-refractivity contribution >= 4 is 46.8 Å². The van der Waals surface area contributed by atoms with Crippen LogP contribution in [0.15, 0.2) is 59.7 Å². The van der Waals surface area contributed by atoms with E-state index in [1.54, 1.807) is 25.3 Å². The van der Waals surface area contributed by atoms with Gasteiger partial charge in [-0.3, -0.25) is 9.59 Å². The summed E-state index contributed by atoms with van der Waals surface area (Å²) in [6, 6.07) is 10.8. The number of amides is 2. The van der Waals surface area contributed by atoms with E-state index in [-0.39, 0.29) is 52.5 Å². The minimum absolute atomic E-state index is 0.00236. The van der Waals surface area contributed by atoms with Crippen molar-refractivity contribution in [3.8, 4) is 17.6 Å². The van der Waals surface area contributed by atoms with Crippen molar-refractivity contribution in [1.82, 2.24) is 15.2 Å². The zero-order valence-corrected chi connectivity index (χ0v) is 30.9. The number of fused-ring (bicyclic) bond motifs is 1. The number of likely N-dealkylation sites (tertiary alicyclic amines) is 1. The van der Waals surface area contributed by atoms with Gasteiger partial charge in [0.15, 0.2) is 11.5 Å². The van der Waals surface area contributed by atoms with E-state index < -0.39 is 18.0 Å². The molecular formula is C38H45ClN6O9. The minimum Gasteiger partial charge on any atom is -0.493 e. The molecule has 5 rings (SSSR count). The molecule has 3 aliphatic rings. The summed E-state index contributed by atoms with van der Waals surface area (Å²) in [5, 5.41) is 45.4. The highest BCUT2D eigenvalue weighted by molar-refractivity contribution is 6.33. The second-order valence-corrected chi connectivity index (χ2v) is 13.3. The number of carboxylic acid groups (broad SMARTS) is 2. The number of rotatable bonds is 13. The lowest BCUT2D eigenvalue weighted by Crippen LogP contribution is -2.52. The number of anilines is 1.